The molecule has 0 radical (unpaired) electrons. The van der Waals surface area contributed by atoms with Crippen LogP contribution in [0.4, 0.5) is 74.9 Å². The monoisotopic (exact) mass is 1030 g/mol. The molecule has 0 aromatic heterocycles. The van der Waals surface area contributed by atoms with E-state index in [0.29, 0.717) is 44.8 Å². The number of halogens is 8. The molecule has 12 rings (SSSR count). The maximum absolute atomic E-state index is 15.8. The maximum atomic E-state index is 15.8. The Bertz CT molecular complexity index is 3960. The highest BCUT2D eigenvalue weighted by atomic mass is 19.2. The lowest BCUT2D eigenvalue weighted by Gasteiger charge is -2.30. The van der Waals surface area contributed by atoms with Crippen molar-refractivity contribution < 1.29 is 35.1 Å². The van der Waals surface area contributed by atoms with Crippen molar-refractivity contribution in [3.8, 4) is 50.6 Å². The molecule has 0 fully saturated rings. The Hall–Kier alpha value is -10.3. The van der Waals surface area contributed by atoms with Crippen molar-refractivity contribution in [3.63, 3.8) is 0 Å². The van der Waals surface area contributed by atoms with E-state index >= 15 is 35.1 Å². The van der Waals surface area contributed by atoms with Crippen LogP contribution in [-0.2, 0) is 0 Å². The number of hydrogen-bond acceptors (Lipinski definition) is 3. The summed E-state index contributed by atoms with van der Waals surface area (Å²) in [5, 5.41) is 14.2. The highest BCUT2D eigenvalue weighted by Gasteiger charge is 2.27. The van der Waals surface area contributed by atoms with Gasteiger partial charge in [-0.05, 0) is 177 Å². The third-order valence-corrected chi connectivity index (χ3v) is 13.9. The van der Waals surface area contributed by atoms with Gasteiger partial charge in [0.15, 0.2) is 5.69 Å². The summed E-state index contributed by atoms with van der Waals surface area (Å²) in [6, 6.07) is 52.8. The average Bonchev–Trinajstić information content (AvgIpc) is 3.51. The number of nitriles is 1. The molecule has 12 aromatic rings. The summed E-state index contributed by atoms with van der Waals surface area (Å²) in [5.41, 5.74) is 1.35. The van der Waals surface area contributed by atoms with Gasteiger partial charge >= 0.3 is 0 Å². The van der Waals surface area contributed by atoms with E-state index < -0.39 is 68.8 Å². The van der Waals surface area contributed by atoms with Gasteiger partial charge in [-0.3, -0.25) is 0 Å². The number of anilines is 6. The zero-order valence-electron chi connectivity index (χ0n) is 40.4. The lowest BCUT2D eigenvalue weighted by Crippen LogP contribution is -2.12. The third-order valence-electron chi connectivity index (χ3n) is 13.9. The van der Waals surface area contributed by atoms with Crippen LogP contribution < -0.4 is 9.80 Å². The lowest BCUT2D eigenvalue weighted by molar-refractivity contribution is 0.588. The zero-order valence-corrected chi connectivity index (χ0v) is 40.4. The van der Waals surface area contributed by atoms with Gasteiger partial charge in [-0.15, -0.1) is 0 Å². The second-order valence-corrected chi connectivity index (χ2v) is 18.5. The Labute approximate surface area is 440 Å². The van der Waals surface area contributed by atoms with Gasteiger partial charge in [-0.2, -0.15) is 5.26 Å². The van der Waals surface area contributed by atoms with Crippen LogP contribution in [0.15, 0.2) is 206 Å². The van der Waals surface area contributed by atoms with Crippen LogP contribution in [0.2, 0.25) is 0 Å². The SMILES string of the molecule is [C-]#[N+]c1ccc(N(c2cc(-c3c(F)cccc3F)cc(-c3c(F)cccc3F)c2)c2ccc3ccc4c(N(c5ccc(C#N)cc5)c5cc(-c6c(F)cccc6F)cc(-c6c(F)cccc6F)c5)ccc5ccc2c3c54)cc1. The molecule has 0 heterocycles. The van der Waals surface area contributed by atoms with Gasteiger partial charge in [0.25, 0.3) is 0 Å². The molecule has 12 heteroatoms. The van der Waals surface area contributed by atoms with E-state index in [-0.39, 0.29) is 33.6 Å². The topological polar surface area (TPSA) is 34.6 Å². The first-order valence-corrected chi connectivity index (χ1v) is 24.2. The van der Waals surface area contributed by atoms with Gasteiger partial charge in [-0.25, -0.2) is 40.0 Å². The molecule has 0 atom stereocenters. The van der Waals surface area contributed by atoms with Crippen LogP contribution in [0.3, 0.4) is 0 Å². The Kier molecular flexibility index (Phi) is 12.1. The minimum atomic E-state index is -0.909. The standard InChI is InChI=1S/C66H34F8N4/c1-76-44-20-24-46(25-21-44)78(48-34-42(65-55(71)10-4-11-56(65)72)31-43(35-48)66-57(73)12-5-13-58(66)74)60-29-19-39-16-26-49-59(28-18-38-17-27-50(60)62(39)61(38)49)77(45-22-14-37(36-75)15-23-45)47-32-40(63-51(67)6-2-7-52(63)68)30-41(33-47)64-53(69)8-3-9-54(64)70/h2-35H. The zero-order chi connectivity index (χ0) is 53.9. The number of nitrogens with zero attached hydrogens (tertiary/aromatic N) is 4. The van der Waals surface area contributed by atoms with Crippen molar-refractivity contribution in [1.29, 1.82) is 5.26 Å². The molecule has 0 N–H and O–H groups in total. The molecule has 0 bridgehead atoms. The van der Waals surface area contributed by atoms with E-state index in [9.17, 15) is 5.26 Å². The fourth-order valence-electron chi connectivity index (χ4n) is 10.5. The Morgan fingerprint density at radius 3 is 0.962 bits per heavy atom. The molecule has 0 amide bonds. The summed E-state index contributed by atoms with van der Waals surface area (Å²) in [5.74, 6) is -7.26. The lowest BCUT2D eigenvalue weighted by atomic mass is 9.91. The van der Waals surface area contributed by atoms with Gasteiger partial charge in [-0.1, -0.05) is 72.8 Å². The van der Waals surface area contributed by atoms with E-state index in [1.807, 2.05) is 48.5 Å². The van der Waals surface area contributed by atoms with Crippen LogP contribution >= 0.6 is 0 Å². The van der Waals surface area contributed by atoms with Gasteiger partial charge in [0.05, 0.1) is 51.8 Å². The minimum Gasteiger partial charge on any atom is -0.310 e. The quantitative estimate of drug-likeness (QED) is 0.0778. The Balaban J connectivity index is 1.14. The van der Waals surface area contributed by atoms with E-state index in [1.54, 1.807) is 58.3 Å². The van der Waals surface area contributed by atoms with Crippen molar-refractivity contribution in [2.45, 2.75) is 0 Å². The first-order chi connectivity index (χ1) is 37.9. The first kappa shape index (κ1) is 48.6. The number of rotatable bonds is 10. The fraction of sp³-hybridized carbons (Fsp3) is 0. The molecule has 0 saturated heterocycles. The van der Waals surface area contributed by atoms with Crippen molar-refractivity contribution in [2.24, 2.45) is 0 Å². The second-order valence-electron chi connectivity index (χ2n) is 18.5. The molecule has 4 nitrogen and oxygen atoms in total. The van der Waals surface area contributed by atoms with Gasteiger partial charge < -0.3 is 9.80 Å². The van der Waals surface area contributed by atoms with E-state index in [0.717, 1.165) is 70.1 Å². The van der Waals surface area contributed by atoms with Gasteiger partial charge in [0.1, 0.15) is 46.5 Å². The summed E-state index contributed by atoms with van der Waals surface area (Å²) in [6.45, 7) is 7.71. The van der Waals surface area contributed by atoms with E-state index in [4.69, 9.17) is 6.57 Å². The van der Waals surface area contributed by atoms with Crippen molar-refractivity contribution in [2.75, 3.05) is 9.80 Å². The largest absolute Gasteiger partial charge is 0.310 e. The molecule has 0 saturated carbocycles. The molecule has 0 spiro atoms. The highest BCUT2D eigenvalue weighted by molar-refractivity contribution is 6.28. The molecule has 0 unspecified atom stereocenters. The first-order valence-electron chi connectivity index (χ1n) is 24.2. The van der Waals surface area contributed by atoms with E-state index in [2.05, 4.69) is 10.9 Å². The van der Waals surface area contributed by atoms with Crippen molar-refractivity contribution in [1.82, 2.24) is 0 Å². The molecule has 78 heavy (non-hydrogen) atoms. The van der Waals surface area contributed by atoms with Crippen LogP contribution in [0, 0.1) is 64.4 Å². The molecule has 0 aliphatic rings. The summed E-state index contributed by atoms with van der Waals surface area (Å²) >= 11 is 0. The number of benzene rings is 12. The van der Waals surface area contributed by atoms with Crippen LogP contribution in [-0.4, -0.2) is 0 Å². The molecular weight excluding hydrogens is 1000 g/mol. The van der Waals surface area contributed by atoms with E-state index in [1.165, 1.54) is 60.7 Å². The molecular formula is C66H34F8N4. The van der Waals surface area contributed by atoms with Crippen LogP contribution in [0.5, 0.6) is 0 Å². The van der Waals surface area contributed by atoms with Crippen LogP contribution in [0.1, 0.15) is 5.56 Å². The molecule has 0 aliphatic carbocycles. The van der Waals surface area contributed by atoms with Crippen molar-refractivity contribution in [3.05, 3.63) is 270 Å². The number of hydrogen-bond donors (Lipinski definition) is 0. The summed E-state index contributed by atoms with van der Waals surface area (Å²) in [4.78, 5) is 7.14. The minimum absolute atomic E-state index is 0.0171. The normalized spacial score (nSPS) is 11.3. The van der Waals surface area contributed by atoms with Gasteiger partial charge in [0, 0.05) is 33.5 Å². The third kappa shape index (κ3) is 8.33. The molecule has 374 valence electrons. The van der Waals surface area contributed by atoms with Crippen LogP contribution in [0.25, 0.3) is 81.7 Å². The summed E-state index contributed by atoms with van der Waals surface area (Å²) in [7, 11) is 0. The fourth-order valence-corrected chi connectivity index (χ4v) is 10.5. The maximum Gasteiger partial charge on any atom is 0.187 e. The predicted octanol–water partition coefficient (Wildman–Crippen LogP) is 19.7. The molecule has 0 aliphatic heterocycles. The van der Waals surface area contributed by atoms with Gasteiger partial charge in [0.2, 0.25) is 0 Å². The second kappa shape index (κ2) is 19.4. The summed E-state index contributed by atoms with van der Waals surface area (Å²) in [6.07, 6.45) is 0. The Morgan fingerprint density at radius 1 is 0.346 bits per heavy atom. The highest BCUT2D eigenvalue weighted by Crippen LogP contribution is 2.50. The predicted molar refractivity (Wildman–Crippen MR) is 292 cm³/mol. The average molecular weight is 1040 g/mol. The smallest absolute Gasteiger partial charge is 0.187 e. The summed E-state index contributed by atoms with van der Waals surface area (Å²) < 4.78 is 127. The van der Waals surface area contributed by atoms with Crippen molar-refractivity contribution >= 4 is 72.1 Å². The Morgan fingerprint density at radius 2 is 0.654 bits per heavy atom. The molecule has 12 aromatic carbocycles.